The molecule has 32 heavy (non-hydrogen) atoms. The fourth-order valence-electron chi connectivity index (χ4n) is 3.63. The van der Waals surface area contributed by atoms with Crippen molar-refractivity contribution in [2.75, 3.05) is 13.2 Å². The van der Waals surface area contributed by atoms with Gasteiger partial charge in [-0.15, -0.1) is 0 Å². The van der Waals surface area contributed by atoms with Gasteiger partial charge in [0.1, 0.15) is 11.5 Å². The summed E-state index contributed by atoms with van der Waals surface area (Å²) in [5.41, 5.74) is 1.82. The fraction of sp³-hybridized carbons (Fsp3) is 0.500. The second-order valence-corrected chi connectivity index (χ2v) is 10.3. The lowest BCUT2D eigenvalue weighted by atomic mass is 9.70. The van der Waals surface area contributed by atoms with Crippen molar-refractivity contribution in [2.45, 2.75) is 71.1 Å². The van der Waals surface area contributed by atoms with Crippen LogP contribution in [0.4, 0.5) is 0 Å². The molecule has 178 valence electrons. The van der Waals surface area contributed by atoms with E-state index in [1.54, 1.807) is 24.3 Å². The molecular weight excluding hydrogens is 408 g/mol. The van der Waals surface area contributed by atoms with Crippen molar-refractivity contribution in [3.8, 4) is 11.5 Å². The van der Waals surface area contributed by atoms with Gasteiger partial charge in [0, 0.05) is 5.41 Å². The summed E-state index contributed by atoms with van der Waals surface area (Å²) < 4.78 is 0. The van der Waals surface area contributed by atoms with Crippen LogP contribution in [0, 0.1) is 0 Å². The SMILES string of the molecule is CC(C)(C)c1cc(C(C)(CC(=O)O)c2ccc(O)c(C(C)(C)C)c2)ccc1O.OCCO. The van der Waals surface area contributed by atoms with E-state index in [4.69, 9.17) is 10.2 Å². The summed E-state index contributed by atoms with van der Waals surface area (Å²) in [5.74, 6) is -0.497. The molecule has 0 radical (unpaired) electrons. The lowest BCUT2D eigenvalue weighted by Gasteiger charge is -2.33. The second-order valence-electron chi connectivity index (χ2n) is 10.3. The number of carbonyl (C=O) groups is 1. The van der Waals surface area contributed by atoms with Gasteiger partial charge < -0.3 is 25.5 Å². The molecule has 0 aliphatic carbocycles. The molecule has 0 aromatic heterocycles. The van der Waals surface area contributed by atoms with E-state index in [0.29, 0.717) is 0 Å². The maximum absolute atomic E-state index is 11.8. The predicted octanol–water partition coefficient (Wildman–Crippen LogP) is 4.44. The van der Waals surface area contributed by atoms with Crippen LogP contribution in [0.2, 0.25) is 0 Å². The van der Waals surface area contributed by atoms with Crippen LogP contribution in [0.5, 0.6) is 11.5 Å². The molecule has 2 aromatic rings. The summed E-state index contributed by atoms with van der Waals surface area (Å²) in [5, 5.41) is 45.5. The Hall–Kier alpha value is -2.57. The standard InChI is InChI=1S/C24H32O4.C2H6O2/c1-22(2,3)17-12-15(8-10-19(17)25)24(7,14-21(27)28)16-9-11-20(26)18(13-16)23(4,5)6;3-1-2-4/h8-13,25-26H,14H2,1-7H3,(H,27,28);3-4H,1-2H2. The summed E-state index contributed by atoms with van der Waals surface area (Å²) in [6, 6.07) is 10.7. The van der Waals surface area contributed by atoms with Crippen LogP contribution in [0.1, 0.15) is 77.1 Å². The van der Waals surface area contributed by atoms with Gasteiger partial charge in [-0.1, -0.05) is 72.7 Å². The highest BCUT2D eigenvalue weighted by molar-refractivity contribution is 5.71. The van der Waals surface area contributed by atoms with Crippen molar-refractivity contribution in [3.63, 3.8) is 0 Å². The summed E-state index contributed by atoms with van der Waals surface area (Å²) in [7, 11) is 0. The van der Waals surface area contributed by atoms with E-state index in [0.717, 1.165) is 22.3 Å². The molecular formula is C26H38O6. The summed E-state index contributed by atoms with van der Waals surface area (Å²) in [6.45, 7) is 13.7. The third-order valence-electron chi connectivity index (χ3n) is 5.49. The number of carboxylic acids is 1. The Kier molecular flexibility index (Phi) is 8.90. The summed E-state index contributed by atoms with van der Waals surface area (Å²) in [6.07, 6.45) is -0.101. The molecule has 0 bridgehead atoms. The number of aliphatic hydroxyl groups is 2. The van der Waals surface area contributed by atoms with Crippen LogP contribution in [0.3, 0.4) is 0 Å². The fourth-order valence-corrected chi connectivity index (χ4v) is 3.63. The van der Waals surface area contributed by atoms with Crippen molar-refractivity contribution in [1.82, 2.24) is 0 Å². The zero-order valence-electron chi connectivity index (χ0n) is 20.2. The average molecular weight is 447 g/mol. The van der Waals surface area contributed by atoms with Gasteiger partial charge in [0.25, 0.3) is 0 Å². The number of aromatic hydroxyl groups is 2. The Balaban J connectivity index is 0.00000118. The number of aliphatic hydroxyl groups excluding tert-OH is 2. The minimum Gasteiger partial charge on any atom is -0.508 e. The molecule has 0 aliphatic heterocycles. The number of hydrogen-bond donors (Lipinski definition) is 5. The highest BCUT2D eigenvalue weighted by atomic mass is 16.4. The molecule has 0 saturated heterocycles. The van der Waals surface area contributed by atoms with Crippen molar-refractivity contribution >= 4 is 5.97 Å². The molecule has 5 N–H and O–H groups in total. The zero-order chi connectivity index (χ0) is 24.9. The first-order chi connectivity index (χ1) is 14.6. The first-order valence-corrected chi connectivity index (χ1v) is 10.7. The average Bonchev–Trinajstić information content (AvgIpc) is 2.66. The van der Waals surface area contributed by atoms with E-state index in [2.05, 4.69) is 0 Å². The number of phenols is 2. The monoisotopic (exact) mass is 446 g/mol. The number of rotatable bonds is 5. The maximum Gasteiger partial charge on any atom is 0.304 e. The Morgan fingerprint density at radius 2 is 1.06 bits per heavy atom. The molecule has 0 heterocycles. The topological polar surface area (TPSA) is 118 Å². The van der Waals surface area contributed by atoms with Gasteiger partial charge in [-0.3, -0.25) is 4.79 Å². The van der Waals surface area contributed by atoms with Gasteiger partial charge in [-0.25, -0.2) is 0 Å². The normalized spacial score (nSPS) is 12.2. The number of aliphatic carboxylic acids is 1. The van der Waals surface area contributed by atoms with Crippen LogP contribution in [-0.2, 0) is 21.0 Å². The molecule has 2 aromatic carbocycles. The van der Waals surface area contributed by atoms with E-state index in [1.807, 2.05) is 60.6 Å². The van der Waals surface area contributed by atoms with Crippen molar-refractivity contribution in [2.24, 2.45) is 0 Å². The largest absolute Gasteiger partial charge is 0.508 e. The summed E-state index contributed by atoms with van der Waals surface area (Å²) >= 11 is 0. The molecule has 0 amide bonds. The minimum absolute atomic E-state index is 0.101. The van der Waals surface area contributed by atoms with Gasteiger partial charge in [0.2, 0.25) is 0 Å². The number of carboxylic acid groups (broad SMARTS) is 1. The van der Waals surface area contributed by atoms with Crippen LogP contribution in [0.15, 0.2) is 36.4 Å². The van der Waals surface area contributed by atoms with Gasteiger partial charge >= 0.3 is 5.97 Å². The number of hydrogen-bond acceptors (Lipinski definition) is 5. The van der Waals surface area contributed by atoms with E-state index >= 15 is 0 Å². The second kappa shape index (κ2) is 10.4. The van der Waals surface area contributed by atoms with Crippen LogP contribution in [0.25, 0.3) is 0 Å². The van der Waals surface area contributed by atoms with Crippen LogP contribution in [-0.4, -0.2) is 44.7 Å². The lowest BCUT2D eigenvalue weighted by Crippen LogP contribution is -2.28. The molecule has 0 fully saturated rings. The summed E-state index contributed by atoms with van der Waals surface area (Å²) in [4.78, 5) is 11.8. The van der Waals surface area contributed by atoms with E-state index in [-0.39, 0.29) is 42.0 Å². The Bertz CT molecular complexity index is 853. The van der Waals surface area contributed by atoms with Crippen LogP contribution < -0.4 is 0 Å². The van der Waals surface area contributed by atoms with Gasteiger partial charge in [0.15, 0.2) is 0 Å². The first-order valence-electron chi connectivity index (χ1n) is 10.7. The molecule has 0 unspecified atom stereocenters. The molecule has 2 rings (SSSR count). The Morgan fingerprint density at radius 3 is 1.31 bits per heavy atom. The van der Waals surface area contributed by atoms with Crippen molar-refractivity contribution in [3.05, 3.63) is 58.7 Å². The molecule has 0 aliphatic rings. The molecule has 6 nitrogen and oxygen atoms in total. The highest BCUT2D eigenvalue weighted by Gasteiger charge is 2.34. The van der Waals surface area contributed by atoms with Crippen LogP contribution >= 0.6 is 0 Å². The van der Waals surface area contributed by atoms with Gasteiger partial charge in [-0.05, 0) is 45.2 Å². The zero-order valence-corrected chi connectivity index (χ0v) is 20.2. The third-order valence-corrected chi connectivity index (χ3v) is 5.49. The number of benzene rings is 2. The van der Waals surface area contributed by atoms with Gasteiger partial charge in [-0.2, -0.15) is 0 Å². The maximum atomic E-state index is 11.8. The molecule has 6 heteroatoms. The van der Waals surface area contributed by atoms with E-state index in [9.17, 15) is 20.1 Å². The highest BCUT2D eigenvalue weighted by Crippen LogP contribution is 2.42. The van der Waals surface area contributed by atoms with E-state index < -0.39 is 11.4 Å². The lowest BCUT2D eigenvalue weighted by molar-refractivity contribution is -0.138. The van der Waals surface area contributed by atoms with E-state index in [1.165, 1.54) is 0 Å². The number of phenolic OH excluding ortho intramolecular Hbond substituents is 2. The van der Waals surface area contributed by atoms with Gasteiger partial charge in [0.05, 0.1) is 19.6 Å². The Labute approximate surface area is 191 Å². The quantitative estimate of drug-likeness (QED) is 0.463. The molecule has 0 atom stereocenters. The minimum atomic E-state index is -0.904. The third kappa shape index (κ3) is 6.71. The van der Waals surface area contributed by atoms with Crippen molar-refractivity contribution < 1.29 is 30.3 Å². The first kappa shape index (κ1) is 27.5. The predicted molar refractivity (Wildman–Crippen MR) is 126 cm³/mol. The molecule has 0 spiro atoms. The smallest absolute Gasteiger partial charge is 0.304 e. The Morgan fingerprint density at radius 1 is 0.719 bits per heavy atom. The molecule has 0 saturated carbocycles. The van der Waals surface area contributed by atoms with Crippen molar-refractivity contribution in [1.29, 1.82) is 0 Å².